The van der Waals surface area contributed by atoms with Gasteiger partial charge >= 0.3 is 5.97 Å². The Hall–Kier alpha value is -1.63. The van der Waals surface area contributed by atoms with Crippen molar-refractivity contribution in [3.63, 3.8) is 0 Å². The van der Waals surface area contributed by atoms with Crippen LogP contribution in [0.25, 0.3) is 0 Å². The first-order valence-electron chi connectivity index (χ1n) is 6.40. The summed E-state index contributed by atoms with van der Waals surface area (Å²) >= 11 is 0. The second-order valence-electron chi connectivity index (χ2n) is 4.56. The van der Waals surface area contributed by atoms with E-state index in [1.807, 2.05) is 13.8 Å². The summed E-state index contributed by atoms with van der Waals surface area (Å²) in [5.74, 6) is -1.86. The zero-order valence-corrected chi connectivity index (χ0v) is 12.5. The van der Waals surface area contributed by atoms with Crippen LogP contribution in [0.1, 0.15) is 44.2 Å². The maximum Gasteiger partial charge on any atom is 0.371 e. The lowest BCUT2D eigenvalue weighted by Crippen LogP contribution is -2.40. The third-order valence-corrected chi connectivity index (χ3v) is 4.26. The highest BCUT2D eigenvalue weighted by atomic mass is 32.2. The summed E-state index contributed by atoms with van der Waals surface area (Å²) in [6.45, 7) is 5.42. The molecule has 1 amide bonds. The Labute approximate surface area is 120 Å². The number of rotatable bonds is 7. The number of nitrogens with one attached hydrogen (secondary N) is 1. The van der Waals surface area contributed by atoms with Gasteiger partial charge in [0.15, 0.2) is 5.09 Å². The monoisotopic (exact) mass is 301 g/mol. The highest BCUT2D eigenvalue weighted by Crippen LogP contribution is 2.16. The second-order valence-corrected chi connectivity index (χ2v) is 6.27. The van der Waals surface area contributed by atoms with Gasteiger partial charge < -0.3 is 14.8 Å². The standard InChI is InChI=1S/C13H19NO5S/c1-4-5-8(2)14-12(15)9(3)20(18)11-7-6-10(19-11)13(16)17/h6-9H,4-5H2,1-3H3,(H,14,15)(H,16,17). The molecule has 0 aliphatic heterocycles. The Morgan fingerprint density at radius 2 is 2.05 bits per heavy atom. The van der Waals surface area contributed by atoms with Gasteiger partial charge in [-0.05, 0) is 32.4 Å². The van der Waals surface area contributed by atoms with Crippen LogP contribution in [0.2, 0.25) is 0 Å². The molecule has 0 saturated heterocycles. The number of carboxylic acid groups (broad SMARTS) is 1. The molecular weight excluding hydrogens is 282 g/mol. The summed E-state index contributed by atoms with van der Waals surface area (Å²) in [5, 5.41) is 10.7. The van der Waals surface area contributed by atoms with Crippen molar-refractivity contribution in [3.8, 4) is 0 Å². The average Bonchev–Trinajstić information content (AvgIpc) is 2.86. The van der Waals surface area contributed by atoms with Crippen LogP contribution < -0.4 is 5.32 Å². The molecule has 7 heteroatoms. The molecule has 2 N–H and O–H groups in total. The minimum atomic E-state index is -1.72. The summed E-state index contributed by atoms with van der Waals surface area (Å²) in [6.07, 6.45) is 1.79. The highest BCUT2D eigenvalue weighted by molar-refractivity contribution is 7.86. The maximum absolute atomic E-state index is 12.1. The molecule has 0 spiro atoms. The Morgan fingerprint density at radius 3 is 2.55 bits per heavy atom. The molecule has 0 fully saturated rings. The van der Waals surface area contributed by atoms with Crippen LogP contribution in [0.3, 0.4) is 0 Å². The van der Waals surface area contributed by atoms with Crippen LogP contribution in [0.4, 0.5) is 0 Å². The molecule has 1 aromatic rings. The molecule has 6 nitrogen and oxygen atoms in total. The van der Waals surface area contributed by atoms with Crippen molar-refractivity contribution in [1.29, 1.82) is 0 Å². The topological polar surface area (TPSA) is 96.6 Å². The van der Waals surface area contributed by atoms with Gasteiger partial charge in [0, 0.05) is 6.04 Å². The molecule has 0 radical (unpaired) electrons. The van der Waals surface area contributed by atoms with Gasteiger partial charge in [0.25, 0.3) is 0 Å². The van der Waals surface area contributed by atoms with E-state index < -0.39 is 22.0 Å². The van der Waals surface area contributed by atoms with Crippen molar-refractivity contribution in [3.05, 3.63) is 17.9 Å². The molecule has 1 rings (SSSR count). The van der Waals surface area contributed by atoms with Crippen molar-refractivity contribution in [1.82, 2.24) is 5.32 Å². The summed E-state index contributed by atoms with van der Waals surface area (Å²) in [6, 6.07) is 2.55. The Kier molecular flexibility index (Phi) is 5.94. The van der Waals surface area contributed by atoms with E-state index in [1.54, 1.807) is 0 Å². The molecule has 1 aromatic heterocycles. The molecule has 20 heavy (non-hydrogen) atoms. The zero-order valence-electron chi connectivity index (χ0n) is 11.7. The molecule has 3 atom stereocenters. The molecule has 0 saturated carbocycles. The summed E-state index contributed by atoms with van der Waals surface area (Å²) in [4.78, 5) is 22.6. The van der Waals surface area contributed by atoms with Gasteiger partial charge in [-0.2, -0.15) is 0 Å². The predicted octanol–water partition coefficient (Wildman–Crippen LogP) is 1.78. The normalized spacial score (nSPS) is 15.3. The lowest BCUT2D eigenvalue weighted by atomic mass is 10.2. The number of hydrogen-bond acceptors (Lipinski definition) is 4. The number of amides is 1. The fourth-order valence-corrected chi connectivity index (χ4v) is 2.67. The smallest absolute Gasteiger partial charge is 0.371 e. The summed E-state index contributed by atoms with van der Waals surface area (Å²) in [7, 11) is -1.72. The van der Waals surface area contributed by atoms with Gasteiger partial charge in [0.1, 0.15) is 16.0 Å². The molecule has 1 heterocycles. The Balaban J connectivity index is 2.70. The highest BCUT2D eigenvalue weighted by Gasteiger charge is 2.25. The first kappa shape index (κ1) is 16.4. The van der Waals surface area contributed by atoms with Gasteiger partial charge in [-0.25, -0.2) is 4.79 Å². The number of furan rings is 1. The zero-order chi connectivity index (χ0) is 15.3. The number of carbonyl (C=O) groups is 2. The van der Waals surface area contributed by atoms with Gasteiger partial charge in [-0.15, -0.1) is 0 Å². The van der Waals surface area contributed by atoms with Gasteiger partial charge in [-0.1, -0.05) is 13.3 Å². The fraction of sp³-hybridized carbons (Fsp3) is 0.538. The van der Waals surface area contributed by atoms with Gasteiger partial charge in [-0.3, -0.25) is 9.00 Å². The van der Waals surface area contributed by atoms with Crippen LogP contribution >= 0.6 is 0 Å². The van der Waals surface area contributed by atoms with E-state index in [4.69, 9.17) is 9.52 Å². The van der Waals surface area contributed by atoms with Crippen molar-refractivity contribution in [2.75, 3.05) is 0 Å². The van der Waals surface area contributed by atoms with Gasteiger partial charge in [0.2, 0.25) is 11.7 Å². The van der Waals surface area contributed by atoms with E-state index in [0.717, 1.165) is 12.8 Å². The van der Waals surface area contributed by atoms with Crippen LogP contribution in [0.5, 0.6) is 0 Å². The Bertz CT molecular complexity index is 511. The average molecular weight is 301 g/mol. The van der Waals surface area contributed by atoms with E-state index in [1.165, 1.54) is 19.1 Å². The van der Waals surface area contributed by atoms with E-state index >= 15 is 0 Å². The van der Waals surface area contributed by atoms with Crippen LogP contribution in [-0.2, 0) is 15.6 Å². The minimum Gasteiger partial charge on any atom is -0.475 e. The summed E-state index contributed by atoms with van der Waals surface area (Å²) < 4.78 is 17.1. The third-order valence-electron chi connectivity index (χ3n) is 2.79. The van der Waals surface area contributed by atoms with Gasteiger partial charge in [0.05, 0.1) is 0 Å². The summed E-state index contributed by atoms with van der Waals surface area (Å²) in [5.41, 5.74) is 0. The second kappa shape index (κ2) is 7.23. The molecule has 0 aliphatic carbocycles. The fourth-order valence-electron chi connectivity index (χ4n) is 1.68. The number of carbonyl (C=O) groups excluding carboxylic acids is 1. The number of aromatic carboxylic acids is 1. The lowest BCUT2D eigenvalue weighted by molar-refractivity contribution is -0.121. The first-order valence-corrected chi connectivity index (χ1v) is 7.62. The van der Waals surface area contributed by atoms with Crippen LogP contribution in [0, 0.1) is 0 Å². The minimum absolute atomic E-state index is 0.00630. The lowest BCUT2D eigenvalue weighted by Gasteiger charge is -2.16. The molecule has 0 bridgehead atoms. The quantitative estimate of drug-likeness (QED) is 0.800. The Morgan fingerprint density at radius 1 is 1.40 bits per heavy atom. The van der Waals surface area contributed by atoms with Crippen molar-refractivity contribution < 1.29 is 23.3 Å². The first-order chi connectivity index (χ1) is 9.36. The van der Waals surface area contributed by atoms with Crippen LogP contribution in [-0.4, -0.2) is 32.5 Å². The van der Waals surface area contributed by atoms with Crippen molar-refractivity contribution in [2.24, 2.45) is 0 Å². The number of carboxylic acids is 1. The largest absolute Gasteiger partial charge is 0.475 e. The molecule has 3 unspecified atom stereocenters. The number of hydrogen-bond donors (Lipinski definition) is 2. The van der Waals surface area contributed by atoms with E-state index in [0.29, 0.717) is 0 Å². The van der Waals surface area contributed by atoms with E-state index in [9.17, 15) is 13.8 Å². The SMILES string of the molecule is CCCC(C)NC(=O)C(C)S(=O)c1ccc(C(=O)O)o1. The van der Waals surface area contributed by atoms with E-state index in [2.05, 4.69) is 5.32 Å². The van der Waals surface area contributed by atoms with Crippen molar-refractivity contribution >= 4 is 22.7 Å². The van der Waals surface area contributed by atoms with Crippen LogP contribution in [0.15, 0.2) is 21.6 Å². The molecular formula is C13H19NO5S. The predicted molar refractivity (Wildman–Crippen MR) is 74.1 cm³/mol. The maximum atomic E-state index is 12.1. The third kappa shape index (κ3) is 4.19. The van der Waals surface area contributed by atoms with Crippen molar-refractivity contribution in [2.45, 2.75) is 50.0 Å². The molecule has 0 aliphatic rings. The van der Waals surface area contributed by atoms with E-state index in [-0.39, 0.29) is 22.8 Å². The molecule has 0 aromatic carbocycles. The molecule has 112 valence electrons.